The Morgan fingerprint density at radius 3 is 2.64 bits per heavy atom. The molecule has 3 nitrogen and oxygen atoms in total. The summed E-state index contributed by atoms with van der Waals surface area (Å²) in [4.78, 5) is 5.93. The molecule has 6 heteroatoms. The molecule has 0 N–H and O–H groups in total. The van der Waals surface area contributed by atoms with Crippen molar-refractivity contribution in [3.63, 3.8) is 0 Å². The van der Waals surface area contributed by atoms with E-state index in [1.807, 2.05) is 23.1 Å². The maximum atomic E-state index is 12.6. The van der Waals surface area contributed by atoms with E-state index in [0.717, 1.165) is 35.6 Å². The average molecular weight is 308 g/mol. The highest BCUT2D eigenvalue weighted by atomic mass is 19.4. The molecule has 0 amide bonds. The number of fused-ring (bicyclic) bond motifs is 1. The molecule has 22 heavy (non-hydrogen) atoms. The zero-order valence-corrected chi connectivity index (χ0v) is 12.0. The number of alkyl halides is 3. The number of benzene rings is 1. The summed E-state index contributed by atoms with van der Waals surface area (Å²) in [6, 6.07) is 8.34. The normalized spacial score (nSPS) is 14.6. The van der Waals surface area contributed by atoms with Crippen LogP contribution in [0.5, 0.6) is 5.75 Å². The molecule has 0 unspecified atom stereocenters. The zero-order chi connectivity index (χ0) is 15.7. The minimum absolute atomic E-state index is 0.557. The van der Waals surface area contributed by atoms with Crippen LogP contribution < -0.4 is 9.64 Å². The Hall–Kier alpha value is -2.24. The maximum absolute atomic E-state index is 12.6. The molecule has 0 saturated heterocycles. The highest BCUT2D eigenvalue weighted by molar-refractivity contribution is 5.49. The van der Waals surface area contributed by atoms with Crippen molar-refractivity contribution in [2.45, 2.75) is 19.1 Å². The summed E-state index contributed by atoms with van der Waals surface area (Å²) in [5, 5.41) is 0. The number of hydrogen-bond donors (Lipinski definition) is 0. The lowest BCUT2D eigenvalue weighted by Gasteiger charge is -2.30. The highest BCUT2D eigenvalue weighted by Crippen LogP contribution is 2.32. The average Bonchev–Trinajstić information content (AvgIpc) is 2.53. The predicted octanol–water partition coefficient (Wildman–Crippen LogP) is 3.67. The van der Waals surface area contributed by atoms with Crippen LogP contribution >= 0.6 is 0 Å². The van der Waals surface area contributed by atoms with Gasteiger partial charge in [-0.25, -0.2) is 4.98 Å². The second kappa shape index (κ2) is 5.51. The Kier molecular flexibility index (Phi) is 3.68. The summed E-state index contributed by atoms with van der Waals surface area (Å²) in [5.74, 6) is 1.42. The predicted molar refractivity (Wildman–Crippen MR) is 77.0 cm³/mol. The molecule has 0 aliphatic carbocycles. The van der Waals surface area contributed by atoms with Gasteiger partial charge in [-0.1, -0.05) is 12.1 Å². The minimum Gasteiger partial charge on any atom is -0.496 e. The summed E-state index contributed by atoms with van der Waals surface area (Å²) in [6.07, 6.45) is -2.69. The Labute approximate surface area is 126 Å². The maximum Gasteiger partial charge on any atom is 0.417 e. The summed E-state index contributed by atoms with van der Waals surface area (Å²) in [5.41, 5.74) is 1.55. The Bertz CT molecular complexity index is 668. The van der Waals surface area contributed by atoms with Crippen LogP contribution in [-0.2, 0) is 19.1 Å². The molecule has 2 heterocycles. The SMILES string of the molecule is COc1cccc2c1CCN(c1ccc(C(F)(F)F)cn1)C2. The lowest BCUT2D eigenvalue weighted by atomic mass is 9.98. The van der Waals surface area contributed by atoms with Crippen molar-refractivity contribution in [1.82, 2.24) is 4.98 Å². The smallest absolute Gasteiger partial charge is 0.417 e. The van der Waals surface area contributed by atoms with Gasteiger partial charge >= 0.3 is 6.18 Å². The van der Waals surface area contributed by atoms with Gasteiger partial charge in [0.25, 0.3) is 0 Å². The summed E-state index contributed by atoms with van der Waals surface area (Å²) >= 11 is 0. The first kappa shape index (κ1) is 14.7. The van der Waals surface area contributed by atoms with Crippen LogP contribution in [0.15, 0.2) is 36.5 Å². The van der Waals surface area contributed by atoms with Crippen molar-refractivity contribution in [1.29, 1.82) is 0 Å². The molecule has 1 aromatic carbocycles. The molecule has 2 aromatic rings. The molecule has 0 spiro atoms. The fourth-order valence-corrected chi connectivity index (χ4v) is 2.70. The number of nitrogens with zero attached hydrogens (tertiary/aromatic N) is 2. The van der Waals surface area contributed by atoms with Crippen molar-refractivity contribution in [3.8, 4) is 5.75 Å². The van der Waals surface area contributed by atoms with Gasteiger partial charge in [0.1, 0.15) is 11.6 Å². The number of pyridine rings is 1. The monoisotopic (exact) mass is 308 g/mol. The van der Waals surface area contributed by atoms with Gasteiger partial charge < -0.3 is 9.64 Å². The number of anilines is 1. The molecule has 0 saturated carbocycles. The number of rotatable bonds is 2. The van der Waals surface area contributed by atoms with Crippen LogP contribution in [0.1, 0.15) is 16.7 Å². The molecule has 0 atom stereocenters. The molecule has 0 bridgehead atoms. The van der Waals surface area contributed by atoms with Gasteiger partial charge in [-0.2, -0.15) is 13.2 Å². The number of hydrogen-bond acceptors (Lipinski definition) is 3. The molecule has 0 radical (unpaired) electrons. The Morgan fingerprint density at radius 1 is 1.18 bits per heavy atom. The van der Waals surface area contributed by atoms with E-state index < -0.39 is 11.7 Å². The molecule has 1 aliphatic heterocycles. The second-order valence-corrected chi connectivity index (χ2v) is 5.17. The van der Waals surface area contributed by atoms with Crippen molar-refractivity contribution in [2.24, 2.45) is 0 Å². The first-order valence-corrected chi connectivity index (χ1v) is 6.92. The van der Waals surface area contributed by atoms with Gasteiger partial charge in [0.05, 0.1) is 12.7 Å². The van der Waals surface area contributed by atoms with Crippen LogP contribution in [0.25, 0.3) is 0 Å². The van der Waals surface area contributed by atoms with E-state index in [2.05, 4.69) is 4.98 Å². The summed E-state index contributed by atoms with van der Waals surface area (Å²) in [6.45, 7) is 1.32. The van der Waals surface area contributed by atoms with Gasteiger partial charge in [-0.05, 0) is 30.2 Å². The van der Waals surface area contributed by atoms with Crippen LogP contribution in [0.3, 0.4) is 0 Å². The molecule has 1 aliphatic rings. The largest absolute Gasteiger partial charge is 0.496 e. The van der Waals surface area contributed by atoms with E-state index in [1.54, 1.807) is 7.11 Å². The second-order valence-electron chi connectivity index (χ2n) is 5.17. The molecule has 3 rings (SSSR count). The number of halogens is 3. The fraction of sp³-hybridized carbons (Fsp3) is 0.312. The zero-order valence-electron chi connectivity index (χ0n) is 12.0. The minimum atomic E-state index is -4.35. The van der Waals surface area contributed by atoms with E-state index in [-0.39, 0.29) is 0 Å². The van der Waals surface area contributed by atoms with Gasteiger partial charge in [-0.3, -0.25) is 0 Å². The first-order chi connectivity index (χ1) is 10.5. The van der Waals surface area contributed by atoms with Crippen molar-refractivity contribution < 1.29 is 17.9 Å². The third-order valence-electron chi connectivity index (χ3n) is 3.84. The first-order valence-electron chi connectivity index (χ1n) is 6.92. The van der Waals surface area contributed by atoms with E-state index in [0.29, 0.717) is 18.9 Å². The lowest BCUT2D eigenvalue weighted by Crippen LogP contribution is -2.31. The Balaban J connectivity index is 1.83. The van der Waals surface area contributed by atoms with Gasteiger partial charge in [-0.15, -0.1) is 0 Å². The highest BCUT2D eigenvalue weighted by Gasteiger charge is 2.31. The number of methoxy groups -OCH3 is 1. The molecular formula is C16H15F3N2O. The standard InChI is InChI=1S/C16H15F3N2O/c1-22-14-4-2-3-11-10-21(8-7-13(11)14)15-6-5-12(9-20-15)16(17,18)19/h2-6,9H,7-8,10H2,1H3. The molecule has 0 fully saturated rings. The van der Waals surface area contributed by atoms with Crippen LogP contribution in [0.4, 0.5) is 19.0 Å². The summed E-state index contributed by atoms with van der Waals surface area (Å²) < 4.78 is 43.1. The van der Waals surface area contributed by atoms with Gasteiger partial charge in [0.2, 0.25) is 0 Å². The number of aromatic nitrogens is 1. The Morgan fingerprint density at radius 2 is 2.00 bits per heavy atom. The van der Waals surface area contributed by atoms with Crippen LogP contribution in [0.2, 0.25) is 0 Å². The van der Waals surface area contributed by atoms with Crippen molar-refractivity contribution >= 4 is 5.82 Å². The lowest BCUT2D eigenvalue weighted by molar-refractivity contribution is -0.137. The van der Waals surface area contributed by atoms with Gasteiger partial charge in [0, 0.05) is 24.8 Å². The third-order valence-corrected chi connectivity index (χ3v) is 3.84. The molecular weight excluding hydrogens is 293 g/mol. The van der Waals surface area contributed by atoms with Crippen molar-refractivity contribution in [2.75, 3.05) is 18.6 Å². The van der Waals surface area contributed by atoms with E-state index in [1.165, 1.54) is 6.07 Å². The molecule has 1 aromatic heterocycles. The van der Waals surface area contributed by atoms with Crippen molar-refractivity contribution in [3.05, 3.63) is 53.2 Å². The van der Waals surface area contributed by atoms with Crippen LogP contribution in [0, 0.1) is 0 Å². The fourth-order valence-electron chi connectivity index (χ4n) is 2.70. The molecule has 116 valence electrons. The topological polar surface area (TPSA) is 25.4 Å². The third kappa shape index (κ3) is 2.73. The quantitative estimate of drug-likeness (QED) is 0.846. The van der Waals surface area contributed by atoms with Crippen LogP contribution in [-0.4, -0.2) is 18.6 Å². The van der Waals surface area contributed by atoms with E-state index >= 15 is 0 Å². The summed E-state index contributed by atoms with van der Waals surface area (Å²) in [7, 11) is 1.64. The van der Waals surface area contributed by atoms with E-state index in [9.17, 15) is 13.2 Å². The number of ether oxygens (including phenoxy) is 1. The van der Waals surface area contributed by atoms with Gasteiger partial charge in [0.15, 0.2) is 0 Å². The van der Waals surface area contributed by atoms with E-state index in [4.69, 9.17) is 4.74 Å².